The van der Waals surface area contributed by atoms with Crippen LogP contribution >= 0.6 is 0 Å². The quantitative estimate of drug-likeness (QED) is 0.489. The molecule has 0 N–H and O–H groups in total. The Labute approximate surface area is 112 Å². The molecular formula is C13H8F2N2O3. The number of alkyl halides is 2. The van der Waals surface area contributed by atoms with Gasteiger partial charge in [-0.2, -0.15) is 0 Å². The lowest BCUT2D eigenvalue weighted by Crippen LogP contribution is -2.08. The van der Waals surface area contributed by atoms with E-state index in [4.69, 9.17) is 0 Å². The number of nitro benzene ring substituents is 1. The largest absolute Gasteiger partial charge is 0.289 e. The topological polar surface area (TPSA) is 73.1 Å². The molecule has 2 aromatic rings. The van der Waals surface area contributed by atoms with Crippen LogP contribution in [0.1, 0.15) is 27.9 Å². The number of halogens is 2. The number of ketones is 1. The van der Waals surface area contributed by atoms with Gasteiger partial charge in [-0.05, 0) is 24.3 Å². The van der Waals surface area contributed by atoms with Gasteiger partial charge in [-0.3, -0.25) is 19.9 Å². The summed E-state index contributed by atoms with van der Waals surface area (Å²) in [6.45, 7) is 0. The lowest BCUT2D eigenvalue weighted by Gasteiger charge is -2.06. The van der Waals surface area contributed by atoms with E-state index in [0.717, 1.165) is 12.1 Å². The van der Waals surface area contributed by atoms with Crippen molar-refractivity contribution < 1.29 is 18.5 Å². The third-order valence-corrected chi connectivity index (χ3v) is 2.67. The Morgan fingerprint density at radius 1 is 1.20 bits per heavy atom. The molecule has 0 radical (unpaired) electrons. The summed E-state index contributed by atoms with van der Waals surface area (Å²) in [6, 6.07) is 6.02. The predicted octanol–water partition coefficient (Wildman–Crippen LogP) is 3.16. The van der Waals surface area contributed by atoms with Crippen molar-refractivity contribution in [3.8, 4) is 0 Å². The van der Waals surface area contributed by atoms with Crippen molar-refractivity contribution in [2.75, 3.05) is 0 Å². The summed E-state index contributed by atoms with van der Waals surface area (Å²) in [4.78, 5) is 25.9. The van der Waals surface area contributed by atoms with Crippen LogP contribution in [-0.2, 0) is 0 Å². The summed E-state index contributed by atoms with van der Waals surface area (Å²) < 4.78 is 25.6. The Morgan fingerprint density at radius 2 is 1.85 bits per heavy atom. The molecule has 0 unspecified atom stereocenters. The zero-order valence-electron chi connectivity index (χ0n) is 9.99. The monoisotopic (exact) mass is 278 g/mol. The Morgan fingerprint density at radius 3 is 2.40 bits per heavy atom. The fourth-order valence-electron chi connectivity index (χ4n) is 1.78. The van der Waals surface area contributed by atoms with Gasteiger partial charge in [0.15, 0.2) is 5.78 Å². The van der Waals surface area contributed by atoms with Gasteiger partial charge in [-0.25, -0.2) is 8.78 Å². The van der Waals surface area contributed by atoms with Gasteiger partial charge < -0.3 is 0 Å². The predicted molar refractivity (Wildman–Crippen MR) is 65.7 cm³/mol. The van der Waals surface area contributed by atoms with Crippen LogP contribution in [0.4, 0.5) is 14.5 Å². The van der Waals surface area contributed by atoms with Crippen LogP contribution in [0.15, 0.2) is 42.7 Å². The number of nitro groups is 1. The number of hydrogen-bond acceptors (Lipinski definition) is 4. The molecule has 1 heterocycles. The summed E-state index contributed by atoms with van der Waals surface area (Å²) in [5.41, 5.74) is -1.84. The number of pyridine rings is 1. The van der Waals surface area contributed by atoms with E-state index >= 15 is 0 Å². The van der Waals surface area contributed by atoms with Crippen LogP contribution in [0, 0.1) is 10.1 Å². The van der Waals surface area contributed by atoms with E-state index < -0.39 is 28.4 Å². The number of para-hydroxylation sites is 1. The molecule has 0 saturated carbocycles. The van der Waals surface area contributed by atoms with Gasteiger partial charge in [-0.15, -0.1) is 0 Å². The average Bonchev–Trinajstić information content (AvgIpc) is 2.46. The summed E-state index contributed by atoms with van der Waals surface area (Å²) in [6.07, 6.45) is -0.341. The minimum absolute atomic E-state index is 0.148. The highest BCUT2D eigenvalue weighted by Gasteiger charge is 2.29. The highest BCUT2D eigenvalue weighted by Crippen LogP contribution is 2.32. The number of nitrogens with zero attached hydrogens (tertiary/aromatic N) is 2. The molecule has 0 spiro atoms. The van der Waals surface area contributed by atoms with Gasteiger partial charge in [0.1, 0.15) is 5.56 Å². The first-order valence-corrected chi connectivity index (χ1v) is 5.52. The van der Waals surface area contributed by atoms with Crippen LogP contribution < -0.4 is 0 Å². The van der Waals surface area contributed by atoms with Gasteiger partial charge in [0.25, 0.3) is 12.1 Å². The molecule has 1 aromatic heterocycles. The summed E-state index contributed by atoms with van der Waals surface area (Å²) in [5.74, 6) is -0.693. The Balaban J connectivity index is 2.60. The van der Waals surface area contributed by atoms with Gasteiger partial charge in [-0.1, -0.05) is 6.07 Å². The van der Waals surface area contributed by atoms with Gasteiger partial charge >= 0.3 is 0 Å². The second-order valence-electron chi connectivity index (χ2n) is 3.87. The molecule has 0 fully saturated rings. The molecule has 7 heteroatoms. The maximum absolute atomic E-state index is 12.8. The fourth-order valence-corrected chi connectivity index (χ4v) is 1.78. The van der Waals surface area contributed by atoms with Gasteiger partial charge in [0.2, 0.25) is 0 Å². The number of aromatic nitrogens is 1. The molecule has 5 nitrogen and oxygen atoms in total. The minimum atomic E-state index is -3.03. The zero-order valence-corrected chi connectivity index (χ0v) is 9.99. The first-order valence-electron chi connectivity index (χ1n) is 5.52. The molecule has 20 heavy (non-hydrogen) atoms. The normalized spacial score (nSPS) is 10.6. The van der Waals surface area contributed by atoms with E-state index in [1.807, 2.05) is 0 Å². The smallest absolute Gasteiger partial charge is 0.288 e. The second kappa shape index (κ2) is 5.52. The molecule has 0 atom stereocenters. The maximum Gasteiger partial charge on any atom is 0.289 e. The summed E-state index contributed by atoms with van der Waals surface area (Å²) in [5, 5.41) is 11.0. The Hall–Kier alpha value is -2.70. The fraction of sp³-hybridized carbons (Fsp3) is 0.0769. The van der Waals surface area contributed by atoms with Crippen LogP contribution in [0.5, 0.6) is 0 Å². The average molecular weight is 278 g/mol. The molecule has 0 saturated heterocycles. The van der Waals surface area contributed by atoms with Crippen LogP contribution in [-0.4, -0.2) is 15.7 Å². The van der Waals surface area contributed by atoms with E-state index in [1.54, 1.807) is 0 Å². The van der Waals surface area contributed by atoms with Crippen molar-refractivity contribution in [1.82, 2.24) is 4.98 Å². The minimum Gasteiger partial charge on any atom is -0.288 e. The third-order valence-electron chi connectivity index (χ3n) is 2.67. The van der Waals surface area contributed by atoms with Crippen LogP contribution in [0.2, 0.25) is 0 Å². The maximum atomic E-state index is 12.8. The van der Waals surface area contributed by atoms with E-state index in [9.17, 15) is 23.7 Å². The van der Waals surface area contributed by atoms with Crippen LogP contribution in [0.25, 0.3) is 0 Å². The molecule has 0 bridgehead atoms. The molecule has 0 aliphatic rings. The summed E-state index contributed by atoms with van der Waals surface area (Å²) >= 11 is 0. The molecule has 1 aromatic carbocycles. The van der Waals surface area contributed by atoms with Crippen molar-refractivity contribution >= 4 is 11.5 Å². The summed E-state index contributed by atoms with van der Waals surface area (Å²) in [7, 11) is 0. The molecule has 0 aliphatic carbocycles. The second-order valence-corrected chi connectivity index (χ2v) is 3.87. The number of rotatable bonds is 4. The number of carbonyl (C=O) groups excluding carboxylic acids is 1. The molecule has 0 aliphatic heterocycles. The number of hydrogen-bond donors (Lipinski definition) is 0. The van der Waals surface area contributed by atoms with Crippen molar-refractivity contribution in [3.05, 3.63) is 69.5 Å². The van der Waals surface area contributed by atoms with E-state index in [0.29, 0.717) is 0 Å². The van der Waals surface area contributed by atoms with Crippen molar-refractivity contribution in [1.29, 1.82) is 0 Å². The lowest BCUT2D eigenvalue weighted by atomic mass is 9.99. The SMILES string of the molecule is O=C(c1ccncc1)c1cccc(C(F)F)c1[N+](=O)[O-]. The highest BCUT2D eigenvalue weighted by atomic mass is 19.3. The van der Waals surface area contributed by atoms with Crippen LogP contribution in [0.3, 0.4) is 0 Å². The van der Waals surface area contributed by atoms with Crippen molar-refractivity contribution in [2.45, 2.75) is 6.43 Å². The van der Waals surface area contributed by atoms with E-state index in [2.05, 4.69) is 4.98 Å². The standard InChI is InChI=1S/C13H8F2N2O3/c14-13(15)10-3-1-2-9(11(10)17(19)20)12(18)8-4-6-16-7-5-8/h1-7,13H. The number of carbonyl (C=O) groups is 1. The lowest BCUT2D eigenvalue weighted by molar-refractivity contribution is -0.386. The van der Waals surface area contributed by atoms with Gasteiger partial charge in [0.05, 0.1) is 10.5 Å². The zero-order chi connectivity index (χ0) is 14.7. The number of benzene rings is 1. The first kappa shape index (κ1) is 13.7. The highest BCUT2D eigenvalue weighted by molar-refractivity contribution is 6.11. The molecule has 2 rings (SSSR count). The van der Waals surface area contributed by atoms with E-state index in [-0.39, 0.29) is 11.1 Å². The van der Waals surface area contributed by atoms with Crippen molar-refractivity contribution in [2.24, 2.45) is 0 Å². The molecular weight excluding hydrogens is 270 g/mol. The van der Waals surface area contributed by atoms with Gasteiger partial charge in [0, 0.05) is 18.0 Å². The Kier molecular flexibility index (Phi) is 3.79. The Bertz CT molecular complexity index is 660. The first-order chi connectivity index (χ1) is 9.52. The van der Waals surface area contributed by atoms with Crippen molar-refractivity contribution in [3.63, 3.8) is 0 Å². The molecule has 102 valence electrons. The van der Waals surface area contributed by atoms with E-state index in [1.165, 1.54) is 30.6 Å². The molecule has 0 amide bonds. The third kappa shape index (κ3) is 2.51.